The summed E-state index contributed by atoms with van der Waals surface area (Å²) in [5.41, 5.74) is 0. The maximum absolute atomic E-state index is 3.69. The minimum Gasteiger partial charge on any atom is -0.312 e. The summed E-state index contributed by atoms with van der Waals surface area (Å²) in [6.45, 7) is 10.5. The molecule has 0 amide bonds. The Balaban J connectivity index is 2.23. The predicted molar refractivity (Wildman–Crippen MR) is 67.1 cm³/mol. The SMILES string of the molecule is CCCNC(CN(C)CC(C)C)C1CC1. The Morgan fingerprint density at radius 1 is 1.27 bits per heavy atom. The van der Waals surface area contributed by atoms with Crippen molar-refractivity contribution in [1.82, 2.24) is 10.2 Å². The first-order chi connectivity index (χ1) is 7.13. The van der Waals surface area contributed by atoms with Gasteiger partial charge in [-0.05, 0) is 44.7 Å². The molecule has 2 nitrogen and oxygen atoms in total. The van der Waals surface area contributed by atoms with Gasteiger partial charge in [0.1, 0.15) is 0 Å². The van der Waals surface area contributed by atoms with Crippen LogP contribution in [0.3, 0.4) is 0 Å². The van der Waals surface area contributed by atoms with E-state index in [4.69, 9.17) is 0 Å². The number of nitrogens with one attached hydrogen (secondary N) is 1. The third-order valence-corrected chi connectivity index (χ3v) is 3.03. The highest BCUT2D eigenvalue weighted by molar-refractivity contribution is 4.88. The van der Waals surface area contributed by atoms with Gasteiger partial charge in [-0.2, -0.15) is 0 Å². The monoisotopic (exact) mass is 212 g/mol. The van der Waals surface area contributed by atoms with Crippen molar-refractivity contribution >= 4 is 0 Å². The Hall–Kier alpha value is -0.0800. The van der Waals surface area contributed by atoms with Crippen LogP contribution in [0.25, 0.3) is 0 Å². The Morgan fingerprint density at radius 3 is 2.40 bits per heavy atom. The Bertz CT molecular complexity index is 164. The topological polar surface area (TPSA) is 15.3 Å². The molecule has 0 aliphatic heterocycles. The molecule has 0 heterocycles. The highest BCUT2D eigenvalue weighted by Crippen LogP contribution is 2.32. The fraction of sp³-hybridized carbons (Fsp3) is 1.00. The fourth-order valence-corrected chi connectivity index (χ4v) is 2.24. The van der Waals surface area contributed by atoms with Crippen molar-refractivity contribution in [2.24, 2.45) is 11.8 Å². The van der Waals surface area contributed by atoms with Gasteiger partial charge >= 0.3 is 0 Å². The Morgan fingerprint density at radius 2 is 1.93 bits per heavy atom. The maximum Gasteiger partial charge on any atom is 0.0223 e. The van der Waals surface area contributed by atoms with Crippen molar-refractivity contribution in [2.75, 3.05) is 26.7 Å². The first-order valence-corrected chi connectivity index (χ1v) is 6.55. The van der Waals surface area contributed by atoms with Gasteiger partial charge in [-0.3, -0.25) is 0 Å². The lowest BCUT2D eigenvalue weighted by Gasteiger charge is -2.26. The van der Waals surface area contributed by atoms with Crippen LogP contribution in [0.15, 0.2) is 0 Å². The average Bonchev–Trinajstić information content (AvgIpc) is 2.93. The van der Waals surface area contributed by atoms with Crippen LogP contribution in [-0.4, -0.2) is 37.6 Å². The first kappa shape index (κ1) is 13.0. The molecule has 1 aliphatic carbocycles. The van der Waals surface area contributed by atoms with Crippen LogP contribution in [0.4, 0.5) is 0 Å². The van der Waals surface area contributed by atoms with E-state index in [-0.39, 0.29) is 0 Å². The molecule has 0 aromatic carbocycles. The summed E-state index contributed by atoms with van der Waals surface area (Å²) in [5.74, 6) is 1.74. The summed E-state index contributed by atoms with van der Waals surface area (Å²) in [7, 11) is 2.25. The van der Waals surface area contributed by atoms with Crippen molar-refractivity contribution in [1.29, 1.82) is 0 Å². The molecule has 1 aliphatic rings. The Labute approximate surface area is 95.4 Å². The number of nitrogens with zero attached hydrogens (tertiary/aromatic N) is 1. The van der Waals surface area contributed by atoms with E-state index in [0.29, 0.717) is 0 Å². The summed E-state index contributed by atoms with van der Waals surface area (Å²) < 4.78 is 0. The van der Waals surface area contributed by atoms with Crippen LogP contribution < -0.4 is 5.32 Å². The van der Waals surface area contributed by atoms with Gasteiger partial charge in [-0.1, -0.05) is 20.8 Å². The molecule has 2 heteroatoms. The van der Waals surface area contributed by atoms with E-state index in [0.717, 1.165) is 17.9 Å². The van der Waals surface area contributed by atoms with Crippen LogP contribution in [-0.2, 0) is 0 Å². The predicted octanol–water partition coefficient (Wildman–Crippen LogP) is 2.35. The minimum atomic E-state index is 0.744. The molecule has 0 bridgehead atoms. The molecule has 1 fully saturated rings. The van der Waals surface area contributed by atoms with E-state index in [1.54, 1.807) is 0 Å². The molecule has 15 heavy (non-hydrogen) atoms. The van der Waals surface area contributed by atoms with Crippen LogP contribution in [0, 0.1) is 11.8 Å². The fourth-order valence-electron chi connectivity index (χ4n) is 2.24. The van der Waals surface area contributed by atoms with Gasteiger partial charge in [0, 0.05) is 19.1 Å². The Kier molecular flexibility index (Phi) is 5.62. The lowest BCUT2D eigenvalue weighted by atomic mass is 10.1. The van der Waals surface area contributed by atoms with Gasteiger partial charge in [-0.15, -0.1) is 0 Å². The van der Waals surface area contributed by atoms with E-state index in [9.17, 15) is 0 Å². The summed E-state index contributed by atoms with van der Waals surface area (Å²) >= 11 is 0. The third kappa shape index (κ3) is 5.53. The van der Waals surface area contributed by atoms with Gasteiger partial charge in [-0.25, -0.2) is 0 Å². The summed E-state index contributed by atoms with van der Waals surface area (Å²) in [6, 6.07) is 0.744. The lowest BCUT2D eigenvalue weighted by Crippen LogP contribution is -2.42. The zero-order valence-corrected chi connectivity index (χ0v) is 10.9. The lowest BCUT2D eigenvalue weighted by molar-refractivity contribution is 0.249. The maximum atomic E-state index is 3.69. The molecular formula is C13H28N2. The van der Waals surface area contributed by atoms with Gasteiger partial charge in [0.25, 0.3) is 0 Å². The molecule has 90 valence electrons. The van der Waals surface area contributed by atoms with Crippen molar-refractivity contribution in [3.05, 3.63) is 0 Å². The van der Waals surface area contributed by atoms with E-state index in [1.807, 2.05) is 0 Å². The van der Waals surface area contributed by atoms with Gasteiger partial charge in [0.2, 0.25) is 0 Å². The van der Waals surface area contributed by atoms with Crippen molar-refractivity contribution < 1.29 is 0 Å². The number of hydrogen-bond donors (Lipinski definition) is 1. The number of rotatable bonds is 8. The van der Waals surface area contributed by atoms with Gasteiger partial charge in [0.05, 0.1) is 0 Å². The molecule has 1 rings (SSSR count). The smallest absolute Gasteiger partial charge is 0.0223 e. The second-order valence-corrected chi connectivity index (χ2v) is 5.51. The molecule has 1 saturated carbocycles. The molecule has 0 spiro atoms. The van der Waals surface area contributed by atoms with Crippen molar-refractivity contribution in [3.63, 3.8) is 0 Å². The molecule has 1 unspecified atom stereocenters. The highest BCUT2D eigenvalue weighted by Gasteiger charge is 2.31. The molecule has 1 atom stereocenters. The first-order valence-electron chi connectivity index (χ1n) is 6.55. The minimum absolute atomic E-state index is 0.744. The zero-order chi connectivity index (χ0) is 11.3. The standard InChI is InChI=1S/C13H28N2/c1-5-8-14-13(12-6-7-12)10-15(4)9-11(2)3/h11-14H,5-10H2,1-4H3. The van der Waals surface area contributed by atoms with E-state index in [2.05, 4.69) is 38.0 Å². The number of hydrogen-bond acceptors (Lipinski definition) is 2. The normalized spacial score (nSPS) is 18.8. The van der Waals surface area contributed by atoms with Crippen molar-refractivity contribution in [2.45, 2.75) is 46.1 Å². The zero-order valence-electron chi connectivity index (χ0n) is 10.9. The van der Waals surface area contributed by atoms with E-state index < -0.39 is 0 Å². The van der Waals surface area contributed by atoms with Gasteiger partial charge < -0.3 is 10.2 Å². The summed E-state index contributed by atoms with van der Waals surface area (Å²) in [5, 5.41) is 3.69. The van der Waals surface area contributed by atoms with Crippen LogP contribution in [0.2, 0.25) is 0 Å². The second kappa shape index (κ2) is 6.49. The molecule has 1 N–H and O–H groups in total. The van der Waals surface area contributed by atoms with E-state index in [1.165, 1.54) is 38.9 Å². The van der Waals surface area contributed by atoms with Crippen LogP contribution >= 0.6 is 0 Å². The number of likely N-dealkylation sites (N-methyl/N-ethyl adjacent to an activating group) is 1. The van der Waals surface area contributed by atoms with Gasteiger partial charge in [0.15, 0.2) is 0 Å². The van der Waals surface area contributed by atoms with E-state index >= 15 is 0 Å². The quantitative estimate of drug-likeness (QED) is 0.664. The summed E-state index contributed by atoms with van der Waals surface area (Å²) in [6.07, 6.45) is 4.13. The third-order valence-electron chi connectivity index (χ3n) is 3.03. The van der Waals surface area contributed by atoms with Crippen molar-refractivity contribution in [3.8, 4) is 0 Å². The highest BCUT2D eigenvalue weighted by atomic mass is 15.1. The molecular weight excluding hydrogens is 184 g/mol. The molecule has 0 aromatic heterocycles. The second-order valence-electron chi connectivity index (χ2n) is 5.51. The average molecular weight is 212 g/mol. The molecule has 0 saturated heterocycles. The largest absolute Gasteiger partial charge is 0.312 e. The molecule has 0 radical (unpaired) electrons. The summed E-state index contributed by atoms with van der Waals surface area (Å²) in [4.78, 5) is 2.48. The van der Waals surface area contributed by atoms with Crippen LogP contribution in [0.5, 0.6) is 0 Å². The molecule has 0 aromatic rings. The van der Waals surface area contributed by atoms with Crippen LogP contribution in [0.1, 0.15) is 40.0 Å².